The standard InChI is InChI=1S/C17H18N4O/c1-13(11-21-9-8-18-12-21)20-16(22)10-15-5-2-4-14-6-3-7-19-17(14)15/h2-9,12-13H,10-11H2,1H3,(H,20,22). The van der Waals surface area contributed by atoms with Crippen LogP contribution in [0.3, 0.4) is 0 Å². The van der Waals surface area contributed by atoms with Crippen LogP contribution < -0.4 is 5.32 Å². The zero-order chi connectivity index (χ0) is 15.4. The molecule has 5 nitrogen and oxygen atoms in total. The lowest BCUT2D eigenvalue weighted by Crippen LogP contribution is -2.36. The van der Waals surface area contributed by atoms with Gasteiger partial charge < -0.3 is 9.88 Å². The van der Waals surface area contributed by atoms with Crippen molar-refractivity contribution in [1.82, 2.24) is 19.9 Å². The van der Waals surface area contributed by atoms with E-state index in [1.807, 2.05) is 48.0 Å². The highest BCUT2D eigenvalue weighted by Gasteiger charge is 2.11. The Morgan fingerprint density at radius 3 is 2.95 bits per heavy atom. The summed E-state index contributed by atoms with van der Waals surface area (Å²) < 4.78 is 1.95. The highest BCUT2D eigenvalue weighted by Crippen LogP contribution is 2.16. The molecule has 2 heterocycles. The molecule has 0 spiro atoms. The second-order valence-corrected chi connectivity index (χ2v) is 5.40. The molecule has 1 aromatic carbocycles. The van der Waals surface area contributed by atoms with E-state index < -0.39 is 0 Å². The largest absolute Gasteiger partial charge is 0.352 e. The summed E-state index contributed by atoms with van der Waals surface area (Å²) in [5, 5.41) is 4.07. The normalized spacial score (nSPS) is 12.2. The van der Waals surface area contributed by atoms with Gasteiger partial charge in [0.15, 0.2) is 0 Å². The van der Waals surface area contributed by atoms with Gasteiger partial charge in [0, 0.05) is 36.6 Å². The third kappa shape index (κ3) is 3.31. The lowest BCUT2D eigenvalue weighted by molar-refractivity contribution is -0.121. The zero-order valence-electron chi connectivity index (χ0n) is 12.4. The SMILES string of the molecule is CC(Cn1ccnc1)NC(=O)Cc1cccc2cccnc12. The van der Waals surface area contributed by atoms with Gasteiger partial charge >= 0.3 is 0 Å². The molecule has 3 rings (SSSR count). The number of hydrogen-bond donors (Lipinski definition) is 1. The molecular weight excluding hydrogens is 276 g/mol. The molecule has 5 heteroatoms. The molecular formula is C17H18N4O. The molecule has 0 saturated carbocycles. The maximum Gasteiger partial charge on any atom is 0.224 e. The highest BCUT2D eigenvalue weighted by atomic mass is 16.1. The minimum absolute atomic E-state index is 0.00534. The number of fused-ring (bicyclic) bond motifs is 1. The Balaban J connectivity index is 1.65. The molecule has 0 aliphatic rings. The second kappa shape index (κ2) is 6.39. The van der Waals surface area contributed by atoms with Gasteiger partial charge in [0.2, 0.25) is 5.91 Å². The van der Waals surface area contributed by atoms with Gasteiger partial charge in [-0.2, -0.15) is 0 Å². The molecule has 1 amide bonds. The van der Waals surface area contributed by atoms with Gasteiger partial charge in [0.1, 0.15) is 0 Å². The number of para-hydroxylation sites is 1. The first-order valence-electron chi connectivity index (χ1n) is 7.30. The van der Waals surface area contributed by atoms with E-state index in [0.29, 0.717) is 13.0 Å². The quantitative estimate of drug-likeness (QED) is 0.784. The van der Waals surface area contributed by atoms with Crippen molar-refractivity contribution >= 4 is 16.8 Å². The number of hydrogen-bond acceptors (Lipinski definition) is 3. The number of nitrogens with zero attached hydrogens (tertiary/aromatic N) is 3. The van der Waals surface area contributed by atoms with Crippen molar-refractivity contribution in [1.29, 1.82) is 0 Å². The van der Waals surface area contributed by atoms with Crippen molar-refractivity contribution in [2.24, 2.45) is 0 Å². The third-order valence-corrected chi connectivity index (χ3v) is 3.52. The van der Waals surface area contributed by atoms with Crippen molar-refractivity contribution in [2.45, 2.75) is 25.9 Å². The molecule has 1 N–H and O–H groups in total. The summed E-state index contributed by atoms with van der Waals surface area (Å²) >= 11 is 0. The third-order valence-electron chi connectivity index (χ3n) is 3.52. The van der Waals surface area contributed by atoms with Crippen molar-refractivity contribution in [3.05, 3.63) is 60.8 Å². The summed E-state index contributed by atoms with van der Waals surface area (Å²) in [6.07, 6.45) is 7.46. The van der Waals surface area contributed by atoms with E-state index in [-0.39, 0.29) is 11.9 Å². The maximum absolute atomic E-state index is 12.2. The Bertz CT molecular complexity index is 762. The predicted molar refractivity (Wildman–Crippen MR) is 85.3 cm³/mol. The van der Waals surface area contributed by atoms with Crippen molar-refractivity contribution < 1.29 is 4.79 Å². The summed E-state index contributed by atoms with van der Waals surface area (Å²) in [7, 11) is 0. The maximum atomic E-state index is 12.2. The van der Waals surface area contributed by atoms with Crippen LogP contribution >= 0.6 is 0 Å². The Labute approximate surface area is 129 Å². The summed E-state index contributed by atoms with van der Waals surface area (Å²) in [4.78, 5) is 20.6. The number of imidazole rings is 1. The Hall–Kier alpha value is -2.69. The molecule has 3 aromatic rings. The van der Waals surface area contributed by atoms with Crippen molar-refractivity contribution in [3.63, 3.8) is 0 Å². The number of nitrogens with one attached hydrogen (secondary N) is 1. The van der Waals surface area contributed by atoms with Gasteiger partial charge in [0.05, 0.1) is 18.3 Å². The number of carbonyl (C=O) groups is 1. The summed E-state index contributed by atoms with van der Waals surface area (Å²) in [6, 6.07) is 9.87. The van der Waals surface area contributed by atoms with E-state index in [1.165, 1.54) is 0 Å². The minimum atomic E-state index is 0.00534. The van der Waals surface area contributed by atoms with Gasteiger partial charge in [-0.1, -0.05) is 24.3 Å². The van der Waals surface area contributed by atoms with Gasteiger partial charge in [-0.25, -0.2) is 4.98 Å². The van der Waals surface area contributed by atoms with Crippen molar-refractivity contribution in [3.8, 4) is 0 Å². The fourth-order valence-electron chi connectivity index (χ4n) is 2.57. The molecule has 0 saturated heterocycles. The number of carbonyl (C=O) groups excluding carboxylic acids is 1. The van der Waals surface area contributed by atoms with Crippen LogP contribution in [-0.4, -0.2) is 26.5 Å². The Kier molecular flexibility index (Phi) is 4.14. The smallest absolute Gasteiger partial charge is 0.224 e. The van der Waals surface area contributed by atoms with Crippen LogP contribution in [0.15, 0.2) is 55.2 Å². The lowest BCUT2D eigenvalue weighted by Gasteiger charge is -2.14. The average molecular weight is 294 g/mol. The van der Waals surface area contributed by atoms with Crippen molar-refractivity contribution in [2.75, 3.05) is 0 Å². The van der Waals surface area contributed by atoms with Gasteiger partial charge in [-0.3, -0.25) is 9.78 Å². The first-order chi connectivity index (χ1) is 10.7. The van der Waals surface area contributed by atoms with Gasteiger partial charge in [-0.15, -0.1) is 0 Å². The predicted octanol–water partition coefficient (Wildman–Crippen LogP) is 2.18. The molecule has 0 bridgehead atoms. The number of rotatable bonds is 5. The fraction of sp³-hybridized carbons (Fsp3) is 0.235. The Morgan fingerprint density at radius 1 is 1.27 bits per heavy atom. The molecule has 1 unspecified atom stereocenters. The highest BCUT2D eigenvalue weighted by molar-refractivity contribution is 5.87. The number of benzene rings is 1. The van der Waals surface area contributed by atoms with E-state index >= 15 is 0 Å². The fourth-order valence-corrected chi connectivity index (χ4v) is 2.57. The zero-order valence-corrected chi connectivity index (χ0v) is 12.4. The first kappa shape index (κ1) is 14.3. The molecule has 112 valence electrons. The first-order valence-corrected chi connectivity index (χ1v) is 7.30. The van der Waals surface area contributed by atoms with Crippen LogP contribution in [0, 0.1) is 0 Å². The summed E-state index contributed by atoms with van der Waals surface area (Å²) in [5.41, 5.74) is 1.84. The van der Waals surface area contributed by atoms with E-state index in [4.69, 9.17) is 0 Å². The summed E-state index contributed by atoms with van der Waals surface area (Å²) in [5.74, 6) is 0.00534. The lowest BCUT2D eigenvalue weighted by atomic mass is 10.1. The van der Waals surface area contributed by atoms with Crippen LogP contribution in [0.1, 0.15) is 12.5 Å². The molecule has 0 radical (unpaired) electrons. The second-order valence-electron chi connectivity index (χ2n) is 5.40. The van der Waals surface area contributed by atoms with Crippen LogP contribution in [0.5, 0.6) is 0 Å². The molecule has 2 aromatic heterocycles. The minimum Gasteiger partial charge on any atom is -0.352 e. The van der Waals surface area contributed by atoms with Crippen LogP contribution in [-0.2, 0) is 17.8 Å². The van der Waals surface area contributed by atoms with Gasteiger partial charge in [0.25, 0.3) is 0 Å². The monoisotopic (exact) mass is 294 g/mol. The number of aromatic nitrogens is 3. The van der Waals surface area contributed by atoms with Crippen LogP contribution in [0.2, 0.25) is 0 Å². The average Bonchev–Trinajstić information content (AvgIpc) is 3.00. The molecule has 0 aliphatic carbocycles. The molecule has 1 atom stereocenters. The van der Waals surface area contributed by atoms with E-state index in [0.717, 1.165) is 16.5 Å². The Morgan fingerprint density at radius 2 is 2.14 bits per heavy atom. The molecule has 0 fully saturated rings. The van der Waals surface area contributed by atoms with E-state index in [2.05, 4.69) is 15.3 Å². The van der Waals surface area contributed by atoms with Crippen LogP contribution in [0.4, 0.5) is 0 Å². The number of amides is 1. The van der Waals surface area contributed by atoms with E-state index in [1.54, 1.807) is 18.7 Å². The van der Waals surface area contributed by atoms with E-state index in [9.17, 15) is 4.79 Å². The van der Waals surface area contributed by atoms with Crippen LogP contribution in [0.25, 0.3) is 10.9 Å². The summed E-state index contributed by atoms with van der Waals surface area (Å²) in [6.45, 7) is 2.69. The van der Waals surface area contributed by atoms with Gasteiger partial charge in [-0.05, 0) is 18.6 Å². The number of pyridine rings is 1. The molecule has 0 aliphatic heterocycles. The molecule has 22 heavy (non-hydrogen) atoms. The topological polar surface area (TPSA) is 59.8 Å².